The number of carbonyl (C=O) groups is 2. The van der Waals surface area contributed by atoms with Crippen LogP contribution in [0.4, 0.5) is 34.1 Å². The number of hydrogen-bond donors (Lipinski definition) is 0. The van der Waals surface area contributed by atoms with Gasteiger partial charge in [-0.05, 0) is 234 Å². The molecule has 0 saturated carbocycles. The summed E-state index contributed by atoms with van der Waals surface area (Å²) >= 11 is 0. The lowest BCUT2D eigenvalue weighted by atomic mass is 9.97. The lowest BCUT2D eigenvalue weighted by molar-refractivity contribution is 0.111. The van der Waals surface area contributed by atoms with Gasteiger partial charge in [0.15, 0.2) is 0 Å². The topological polar surface area (TPSA) is 149 Å². The highest BCUT2D eigenvalue weighted by Gasteiger charge is 2.31. The number of rotatable bonds is 44. The number of aryl methyl sites for hydroxylation is 4. The second-order valence-corrected chi connectivity index (χ2v) is 35.5. The number of methoxy groups -OCH3 is 2. The summed E-state index contributed by atoms with van der Waals surface area (Å²) < 4.78 is 73.1. The van der Waals surface area contributed by atoms with Gasteiger partial charge in [0.05, 0.1) is 66.2 Å². The average Bonchev–Trinajstić information content (AvgIpc) is 0.819. The second-order valence-electron chi connectivity index (χ2n) is 31.4. The van der Waals surface area contributed by atoms with Gasteiger partial charge in [-0.25, -0.2) is 0 Å². The van der Waals surface area contributed by atoms with Gasteiger partial charge in [0, 0.05) is 67.5 Å². The Hall–Kier alpha value is -10.1. The van der Waals surface area contributed by atoms with E-state index in [0.717, 1.165) is 117 Å². The molecule has 0 spiro atoms. The van der Waals surface area contributed by atoms with Crippen LogP contribution in [0.1, 0.15) is 216 Å². The number of ether oxygens (including phenoxy) is 4. The van der Waals surface area contributed by atoms with Crippen LogP contribution in [-0.2, 0) is 39.5 Å². The molecular weight excluding hydrogens is 1540 g/mol. The molecule has 0 saturated heterocycles. The molecule has 10 rings (SSSR count). The Balaban J connectivity index is 0.000000273. The maximum atomic E-state index is 13.3. The van der Waals surface area contributed by atoms with Crippen LogP contribution < -0.4 is 28.7 Å². The maximum absolute atomic E-state index is 13.3. The van der Waals surface area contributed by atoms with Crippen molar-refractivity contribution >= 4 is 98.3 Å². The van der Waals surface area contributed by atoms with Crippen LogP contribution in [-0.4, -0.2) is 66.4 Å². The molecule has 0 radical (unpaired) electrons. The molecular formula is C105H132N2O12P2. The number of benzene rings is 10. The number of aldehydes is 2. The van der Waals surface area contributed by atoms with Gasteiger partial charge in [-0.2, -0.15) is 0 Å². The third-order valence-corrected chi connectivity index (χ3v) is 24.7. The minimum atomic E-state index is -3.39. The fourth-order valence-electron chi connectivity index (χ4n) is 14.1. The predicted molar refractivity (Wildman–Crippen MR) is 509 cm³/mol. The number of anilines is 6. The summed E-state index contributed by atoms with van der Waals surface area (Å²) in [5.41, 5.74) is 20.3. The molecule has 644 valence electrons. The molecule has 0 aliphatic heterocycles. The molecule has 10 aromatic carbocycles. The summed E-state index contributed by atoms with van der Waals surface area (Å²) in [6, 6.07) is 74.0. The maximum Gasteiger partial charge on any atom is 0.335 e. The first-order chi connectivity index (χ1) is 57.9. The van der Waals surface area contributed by atoms with E-state index in [1.807, 2.05) is 36.4 Å². The molecule has 0 amide bonds. The van der Waals surface area contributed by atoms with Crippen LogP contribution in [0.3, 0.4) is 0 Å². The SMILES string of the molecule is C.CCOP(=O)(Cc1cc(OCCC(C)CCCC(C)C)c(CP(=O)(OCC)OCC)cc1OC)OCC.COc1cc(C=Cc2ccccc2)c(OCCC(C)CCCC(C)C)cc1C=Cc1ccc(N(c2ccc(C=Cc3ccccc3)cc2)c2ccc(C)cc2C)cc1.Cc1ccc(N(c2ccc(C=O)cc2)c2ccc(C=O)cc2)c(C)c1. The first-order valence-electron chi connectivity index (χ1n) is 42.6. The first kappa shape index (κ1) is 98.0. The summed E-state index contributed by atoms with van der Waals surface area (Å²) in [4.78, 5) is 26.3. The summed E-state index contributed by atoms with van der Waals surface area (Å²) in [6.07, 6.45) is 23.9. The standard InChI is InChI=1S/C55H59NO2.C27H50O8P2.C22H19NO2.CH4/c1-41(2)14-13-15-42(3)36-37-58-55-40-49(54(57-6)39-50(55)30-23-46-18-11-8-12-19-46)29-24-48-27-33-52(34-28-48)56(53-35-20-43(4)38-44(53)5)51-31-25-47(26-32-51)22-21-45-16-9-7-10-17-45;1-9-32-36(28,33-10-2)20-24-19-27(31-17-16-23(7)15-13-14-22(5)6)25(18-26(24)30-8)21-37(29,34-11-3)35-12-4;1-16-3-12-22(17(2)13-16)23(20-8-4-18(14-24)5-9-20)21-10-6-19(15-25)7-11-21;/h7-12,16-35,38-42H,13-15,36-37H2,1-6H3;18-19,22-23H,9-17,20-21H2,1-8H3;3-15H,1-2H3;1H4. The fraction of sp³-hybridized carbons (Fsp3) is 0.352. The van der Waals surface area contributed by atoms with Crippen LogP contribution >= 0.6 is 15.2 Å². The van der Waals surface area contributed by atoms with Gasteiger partial charge in [-0.1, -0.05) is 244 Å². The molecule has 0 aliphatic rings. The lowest BCUT2D eigenvalue weighted by Gasteiger charge is -2.27. The van der Waals surface area contributed by atoms with Gasteiger partial charge < -0.3 is 46.8 Å². The number of nitrogens with zero attached hydrogens (tertiary/aromatic N) is 2. The van der Waals surface area contributed by atoms with E-state index in [1.54, 1.807) is 78.3 Å². The minimum Gasteiger partial charge on any atom is -0.496 e. The van der Waals surface area contributed by atoms with Crippen molar-refractivity contribution in [2.45, 2.75) is 168 Å². The highest BCUT2D eigenvalue weighted by Crippen LogP contribution is 2.56. The van der Waals surface area contributed by atoms with Gasteiger partial charge in [0.25, 0.3) is 0 Å². The van der Waals surface area contributed by atoms with E-state index in [-0.39, 0.29) is 46.2 Å². The van der Waals surface area contributed by atoms with E-state index in [2.05, 4.69) is 261 Å². The van der Waals surface area contributed by atoms with Gasteiger partial charge in [-0.15, -0.1) is 0 Å². The molecule has 121 heavy (non-hydrogen) atoms. The number of carbonyl (C=O) groups excluding carboxylic acids is 2. The van der Waals surface area contributed by atoms with Crippen molar-refractivity contribution in [1.29, 1.82) is 0 Å². The van der Waals surface area contributed by atoms with Gasteiger partial charge in [-0.3, -0.25) is 18.7 Å². The largest absolute Gasteiger partial charge is 0.496 e. The predicted octanol–water partition coefficient (Wildman–Crippen LogP) is 30.0. The van der Waals surface area contributed by atoms with Crippen molar-refractivity contribution in [3.63, 3.8) is 0 Å². The molecule has 0 aliphatic carbocycles. The van der Waals surface area contributed by atoms with Crippen molar-refractivity contribution in [2.24, 2.45) is 23.7 Å². The zero-order valence-corrected chi connectivity index (χ0v) is 75.5. The van der Waals surface area contributed by atoms with Gasteiger partial charge in [0.1, 0.15) is 35.6 Å². The number of hydrogen-bond acceptors (Lipinski definition) is 14. The van der Waals surface area contributed by atoms with Crippen molar-refractivity contribution in [3.8, 4) is 23.0 Å². The zero-order valence-electron chi connectivity index (χ0n) is 73.7. The Morgan fingerprint density at radius 3 is 1.02 bits per heavy atom. The van der Waals surface area contributed by atoms with E-state index in [0.29, 0.717) is 64.7 Å². The molecule has 10 aromatic rings. The third-order valence-electron chi connectivity index (χ3n) is 20.6. The Morgan fingerprint density at radius 2 is 0.669 bits per heavy atom. The van der Waals surface area contributed by atoms with Gasteiger partial charge >= 0.3 is 15.2 Å². The molecule has 16 heteroatoms. The molecule has 0 heterocycles. The summed E-state index contributed by atoms with van der Waals surface area (Å²) in [5, 5.41) is 0. The Morgan fingerprint density at radius 1 is 0.347 bits per heavy atom. The van der Waals surface area contributed by atoms with E-state index in [9.17, 15) is 18.7 Å². The van der Waals surface area contributed by atoms with Crippen molar-refractivity contribution in [3.05, 3.63) is 296 Å². The normalized spacial score (nSPS) is 12.0. The monoisotopic (exact) mass is 1670 g/mol. The molecule has 0 aromatic heterocycles. The quantitative estimate of drug-likeness (QED) is 0.0202. The van der Waals surface area contributed by atoms with E-state index >= 15 is 0 Å². The van der Waals surface area contributed by atoms with E-state index in [4.69, 9.17) is 37.0 Å². The Labute approximate surface area is 724 Å². The van der Waals surface area contributed by atoms with E-state index < -0.39 is 15.2 Å². The van der Waals surface area contributed by atoms with Crippen LogP contribution in [0, 0.1) is 51.4 Å². The second kappa shape index (κ2) is 50.9. The Bertz CT molecular complexity index is 4900. The van der Waals surface area contributed by atoms with Crippen molar-refractivity contribution in [2.75, 3.05) is 63.7 Å². The molecule has 2 atom stereocenters. The van der Waals surface area contributed by atoms with Crippen LogP contribution in [0.5, 0.6) is 23.0 Å². The molecule has 14 nitrogen and oxygen atoms in total. The smallest absolute Gasteiger partial charge is 0.335 e. The molecule has 2 unspecified atom stereocenters. The minimum absolute atomic E-state index is 0. The zero-order chi connectivity index (χ0) is 86.4. The Kier molecular flexibility index (Phi) is 41.3. The van der Waals surface area contributed by atoms with Crippen molar-refractivity contribution < 1.29 is 55.8 Å². The fourth-order valence-corrected chi connectivity index (χ4v) is 17.6. The molecule has 0 bridgehead atoms. The first-order valence-corrected chi connectivity index (χ1v) is 46.0. The average molecular weight is 1680 g/mol. The third kappa shape index (κ3) is 31.7. The van der Waals surface area contributed by atoms with Crippen molar-refractivity contribution in [1.82, 2.24) is 0 Å². The van der Waals surface area contributed by atoms with Gasteiger partial charge in [0.2, 0.25) is 0 Å². The molecule has 0 fully saturated rings. The highest BCUT2D eigenvalue weighted by molar-refractivity contribution is 7.53. The van der Waals surface area contributed by atoms with Crippen LogP contribution in [0.2, 0.25) is 0 Å². The summed E-state index contributed by atoms with van der Waals surface area (Å²) in [6.45, 7) is 31.5. The summed E-state index contributed by atoms with van der Waals surface area (Å²) in [7, 11) is -3.50. The van der Waals surface area contributed by atoms with Crippen LogP contribution in [0.25, 0.3) is 36.5 Å². The van der Waals surface area contributed by atoms with E-state index in [1.165, 1.54) is 54.4 Å². The molecule has 0 N–H and O–H groups in total. The summed E-state index contributed by atoms with van der Waals surface area (Å²) in [5.74, 6) is 5.30. The highest BCUT2D eigenvalue weighted by atomic mass is 31.2. The van der Waals surface area contributed by atoms with Crippen LogP contribution in [0.15, 0.2) is 218 Å². The lowest BCUT2D eigenvalue weighted by Crippen LogP contribution is -2.11.